The van der Waals surface area contributed by atoms with Gasteiger partial charge >= 0.3 is 0 Å². The third kappa shape index (κ3) is 5.73. The minimum Gasteiger partial charge on any atom is -0.494 e. The van der Waals surface area contributed by atoms with Gasteiger partial charge in [0.15, 0.2) is 0 Å². The number of imide groups is 1. The quantitative estimate of drug-likeness (QED) is 0.385. The molecule has 6 nitrogen and oxygen atoms in total. The molecule has 3 rings (SSSR count). The second-order valence-corrected chi connectivity index (χ2v) is 7.42. The number of ether oxygens (including phenoxy) is 2. The van der Waals surface area contributed by atoms with Crippen LogP contribution in [-0.4, -0.2) is 43.1 Å². The van der Waals surface area contributed by atoms with Gasteiger partial charge in [0.2, 0.25) is 0 Å². The number of amides is 2. The lowest BCUT2D eigenvalue weighted by molar-refractivity contribution is -0.137. The highest BCUT2D eigenvalue weighted by molar-refractivity contribution is 6.36. The smallest absolute Gasteiger partial charge is 0.278 e. The van der Waals surface area contributed by atoms with Gasteiger partial charge in [-0.25, -0.2) is 4.39 Å². The standard InChI is InChI=1S/C25H29FN2O4/c1-3-5-16-31-17-6-15-28-24(29)22(18-7-9-19(26)10-8-18)23(25(28)30)27-20-11-13-21(14-12-20)32-4-2/h7-14,27H,3-6,15-17H2,1-2H3. The number of carbonyl (C=O) groups excluding carboxylic acids is 2. The Morgan fingerprint density at radius 2 is 1.59 bits per heavy atom. The van der Waals surface area contributed by atoms with Gasteiger partial charge in [-0.3, -0.25) is 14.5 Å². The fourth-order valence-electron chi connectivity index (χ4n) is 3.40. The second-order valence-electron chi connectivity index (χ2n) is 7.42. The van der Waals surface area contributed by atoms with Crippen molar-refractivity contribution < 1.29 is 23.5 Å². The Labute approximate surface area is 188 Å². The minimum absolute atomic E-state index is 0.178. The van der Waals surface area contributed by atoms with E-state index in [0.717, 1.165) is 12.8 Å². The molecule has 0 saturated carbocycles. The lowest BCUT2D eigenvalue weighted by atomic mass is 10.0. The highest BCUT2D eigenvalue weighted by Gasteiger charge is 2.38. The van der Waals surface area contributed by atoms with Gasteiger partial charge in [0.05, 0.1) is 12.2 Å². The normalized spacial score (nSPS) is 13.8. The fraction of sp³-hybridized carbons (Fsp3) is 0.360. The lowest BCUT2D eigenvalue weighted by Gasteiger charge is -2.15. The summed E-state index contributed by atoms with van der Waals surface area (Å²) in [7, 11) is 0. The number of carbonyl (C=O) groups is 2. The van der Waals surface area contributed by atoms with Gasteiger partial charge in [-0.05, 0) is 61.7 Å². The topological polar surface area (TPSA) is 67.9 Å². The molecule has 0 bridgehead atoms. The molecule has 0 atom stereocenters. The van der Waals surface area contributed by atoms with Crippen LogP contribution in [0.3, 0.4) is 0 Å². The van der Waals surface area contributed by atoms with E-state index in [9.17, 15) is 14.0 Å². The van der Waals surface area contributed by atoms with Crippen molar-refractivity contribution in [2.75, 3.05) is 31.7 Å². The molecule has 0 aromatic heterocycles. The number of anilines is 1. The Morgan fingerprint density at radius 1 is 0.906 bits per heavy atom. The van der Waals surface area contributed by atoms with Crippen LogP contribution in [0.15, 0.2) is 54.2 Å². The molecule has 0 radical (unpaired) electrons. The van der Waals surface area contributed by atoms with Gasteiger partial charge in [0.1, 0.15) is 17.3 Å². The van der Waals surface area contributed by atoms with Crippen molar-refractivity contribution in [1.82, 2.24) is 4.90 Å². The molecule has 7 heteroatoms. The molecule has 2 aromatic rings. The molecular formula is C25H29FN2O4. The van der Waals surface area contributed by atoms with E-state index in [4.69, 9.17) is 9.47 Å². The number of benzene rings is 2. The first-order chi connectivity index (χ1) is 15.5. The van der Waals surface area contributed by atoms with Crippen molar-refractivity contribution in [3.8, 4) is 5.75 Å². The zero-order valence-electron chi connectivity index (χ0n) is 18.5. The molecule has 2 aromatic carbocycles. The van der Waals surface area contributed by atoms with E-state index < -0.39 is 17.6 Å². The molecule has 1 aliphatic heterocycles. The first-order valence-electron chi connectivity index (χ1n) is 11.0. The zero-order chi connectivity index (χ0) is 22.9. The van der Waals surface area contributed by atoms with Crippen molar-refractivity contribution in [3.05, 3.63) is 65.6 Å². The van der Waals surface area contributed by atoms with E-state index in [0.29, 0.717) is 43.2 Å². The van der Waals surface area contributed by atoms with Gasteiger partial charge in [-0.2, -0.15) is 0 Å². The summed E-state index contributed by atoms with van der Waals surface area (Å²) >= 11 is 0. The SMILES string of the molecule is CCCCOCCCN1C(=O)C(Nc2ccc(OCC)cc2)=C(c2ccc(F)cc2)C1=O. The predicted molar refractivity (Wildman–Crippen MR) is 122 cm³/mol. The summed E-state index contributed by atoms with van der Waals surface area (Å²) in [6.07, 6.45) is 2.58. The van der Waals surface area contributed by atoms with Gasteiger partial charge in [-0.1, -0.05) is 25.5 Å². The maximum Gasteiger partial charge on any atom is 0.278 e. The van der Waals surface area contributed by atoms with Gasteiger partial charge in [-0.15, -0.1) is 0 Å². The molecule has 170 valence electrons. The van der Waals surface area contributed by atoms with Crippen LogP contribution in [0.2, 0.25) is 0 Å². The first kappa shape index (κ1) is 23.5. The average Bonchev–Trinajstić information content (AvgIpc) is 3.02. The van der Waals surface area contributed by atoms with E-state index in [1.165, 1.54) is 29.2 Å². The number of hydrogen-bond acceptors (Lipinski definition) is 5. The Balaban J connectivity index is 1.80. The molecule has 0 aliphatic carbocycles. The highest BCUT2D eigenvalue weighted by Crippen LogP contribution is 2.31. The van der Waals surface area contributed by atoms with Crippen molar-refractivity contribution in [2.45, 2.75) is 33.1 Å². The summed E-state index contributed by atoms with van der Waals surface area (Å²) in [5.41, 5.74) is 1.54. The summed E-state index contributed by atoms with van der Waals surface area (Å²) in [6, 6.07) is 12.7. The summed E-state index contributed by atoms with van der Waals surface area (Å²) in [6.45, 7) is 5.94. The number of halogens is 1. The van der Waals surface area contributed by atoms with E-state index in [2.05, 4.69) is 12.2 Å². The van der Waals surface area contributed by atoms with Gasteiger partial charge in [0, 0.05) is 25.4 Å². The first-order valence-corrected chi connectivity index (χ1v) is 11.0. The maximum absolute atomic E-state index is 13.4. The van der Waals surface area contributed by atoms with E-state index in [-0.39, 0.29) is 17.8 Å². The number of unbranched alkanes of at least 4 members (excludes halogenated alkanes) is 1. The summed E-state index contributed by atoms with van der Waals surface area (Å²) in [5.74, 6) is -0.502. The number of rotatable bonds is 12. The van der Waals surface area contributed by atoms with Gasteiger partial charge < -0.3 is 14.8 Å². The minimum atomic E-state index is -0.409. The molecule has 2 amide bonds. The number of hydrogen-bond donors (Lipinski definition) is 1. The van der Waals surface area contributed by atoms with Crippen LogP contribution < -0.4 is 10.1 Å². The Bertz CT molecular complexity index is 955. The molecule has 32 heavy (non-hydrogen) atoms. The molecule has 1 heterocycles. The van der Waals surface area contributed by atoms with Gasteiger partial charge in [0.25, 0.3) is 11.8 Å². The van der Waals surface area contributed by atoms with E-state index in [1.807, 2.05) is 6.92 Å². The Hall–Kier alpha value is -3.19. The molecular weight excluding hydrogens is 411 g/mol. The average molecular weight is 441 g/mol. The van der Waals surface area contributed by atoms with Crippen molar-refractivity contribution in [2.24, 2.45) is 0 Å². The zero-order valence-corrected chi connectivity index (χ0v) is 18.5. The molecule has 1 N–H and O–H groups in total. The van der Waals surface area contributed by atoms with Crippen LogP contribution in [0.1, 0.15) is 38.7 Å². The summed E-state index contributed by atoms with van der Waals surface area (Å²) in [5, 5.41) is 3.09. The highest BCUT2D eigenvalue weighted by atomic mass is 19.1. The van der Waals surface area contributed by atoms with Crippen LogP contribution in [-0.2, 0) is 14.3 Å². The molecule has 0 saturated heterocycles. The molecule has 1 aliphatic rings. The fourth-order valence-corrected chi connectivity index (χ4v) is 3.40. The summed E-state index contributed by atoms with van der Waals surface area (Å²) in [4.78, 5) is 27.5. The van der Waals surface area contributed by atoms with Crippen LogP contribution in [0, 0.1) is 5.82 Å². The molecule has 0 fully saturated rings. The van der Waals surface area contributed by atoms with Crippen LogP contribution in [0.25, 0.3) is 5.57 Å². The van der Waals surface area contributed by atoms with E-state index >= 15 is 0 Å². The Kier molecular flexibility index (Phi) is 8.39. The maximum atomic E-state index is 13.4. The third-order valence-corrected chi connectivity index (χ3v) is 5.05. The van der Waals surface area contributed by atoms with Crippen LogP contribution in [0.5, 0.6) is 5.75 Å². The van der Waals surface area contributed by atoms with Crippen LogP contribution >= 0.6 is 0 Å². The Morgan fingerprint density at radius 3 is 2.25 bits per heavy atom. The molecule has 0 unspecified atom stereocenters. The second kappa shape index (κ2) is 11.4. The van der Waals surface area contributed by atoms with Crippen molar-refractivity contribution in [3.63, 3.8) is 0 Å². The number of nitrogens with one attached hydrogen (secondary N) is 1. The third-order valence-electron chi connectivity index (χ3n) is 5.05. The number of nitrogens with zero attached hydrogens (tertiary/aromatic N) is 1. The largest absolute Gasteiger partial charge is 0.494 e. The monoisotopic (exact) mass is 440 g/mol. The van der Waals surface area contributed by atoms with E-state index in [1.54, 1.807) is 24.3 Å². The predicted octanol–water partition coefficient (Wildman–Crippen LogP) is 4.62. The van der Waals surface area contributed by atoms with Crippen molar-refractivity contribution in [1.29, 1.82) is 0 Å². The summed E-state index contributed by atoms with van der Waals surface area (Å²) < 4.78 is 24.4. The molecule has 0 spiro atoms. The van der Waals surface area contributed by atoms with Crippen molar-refractivity contribution >= 4 is 23.1 Å². The van der Waals surface area contributed by atoms with Crippen LogP contribution in [0.4, 0.5) is 10.1 Å². The lowest BCUT2D eigenvalue weighted by Crippen LogP contribution is -2.34.